The molecular weight excluding hydrogens is 292 g/mol. The molecule has 110 valence electrons. The molecule has 0 fully saturated rings. The third-order valence-electron chi connectivity index (χ3n) is 3.25. The van der Waals surface area contributed by atoms with Crippen molar-refractivity contribution in [1.82, 2.24) is 0 Å². The number of hydrogen-bond acceptors (Lipinski definition) is 4. The van der Waals surface area contributed by atoms with Crippen molar-refractivity contribution in [2.75, 3.05) is 0 Å². The molecule has 0 aromatic heterocycles. The highest BCUT2D eigenvalue weighted by molar-refractivity contribution is 6.32. The zero-order valence-electron chi connectivity index (χ0n) is 11.5. The second-order valence-corrected chi connectivity index (χ2v) is 4.95. The Morgan fingerprint density at radius 2 is 1.90 bits per heavy atom. The minimum Gasteiger partial charge on any atom is -0.487 e. The van der Waals surface area contributed by atoms with Gasteiger partial charge in [0.2, 0.25) is 0 Å². The van der Waals surface area contributed by atoms with Crippen LogP contribution in [0.25, 0.3) is 0 Å². The fourth-order valence-corrected chi connectivity index (χ4v) is 2.30. The summed E-state index contributed by atoms with van der Waals surface area (Å²) in [6.07, 6.45) is 0. The summed E-state index contributed by atoms with van der Waals surface area (Å²) in [5.74, 6) is 0.521. The maximum Gasteiger partial charge on any atom is 0.272 e. The summed E-state index contributed by atoms with van der Waals surface area (Å²) in [6.45, 7) is 2.21. The van der Waals surface area contributed by atoms with Crippen molar-refractivity contribution in [3.05, 3.63) is 68.2 Å². The second-order valence-electron chi connectivity index (χ2n) is 4.54. The van der Waals surface area contributed by atoms with E-state index in [1.807, 2.05) is 6.07 Å². The standard InChI is InChI=1S/C15H15ClN2O3/c1-10-12(5-3-7-14(10)18(19)20)9-21-15-11(8-17)4-2-6-13(15)16/h2-7H,8-9,17H2,1H3. The Balaban J connectivity index is 2.25. The Kier molecular flexibility index (Phi) is 4.77. The Bertz CT molecular complexity index is 674. The van der Waals surface area contributed by atoms with Crippen LogP contribution in [0.3, 0.4) is 0 Å². The third-order valence-corrected chi connectivity index (χ3v) is 3.55. The number of nitro groups is 1. The van der Waals surface area contributed by atoms with Gasteiger partial charge in [-0.1, -0.05) is 35.9 Å². The molecule has 0 heterocycles. The molecule has 0 atom stereocenters. The first-order chi connectivity index (χ1) is 10.0. The van der Waals surface area contributed by atoms with Gasteiger partial charge in [-0.05, 0) is 18.6 Å². The zero-order chi connectivity index (χ0) is 15.4. The number of benzene rings is 2. The number of rotatable bonds is 5. The Hall–Kier alpha value is -2.11. The highest BCUT2D eigenvalue weighted by atomic mass is 35.5. The molecule has 0 unspecified atom stereocenters. The summed E-state index contributed by atoms with van der Waals surface area (Å²) in [6, 6.07) is 10.3. The summed E-state index contributed by atoms with van der Waals surface area (Å²) < 4.78 is 5.73. The van der Waals surface area contributed by atoms with Crippen LogP contribution in [0.2, 0.25) is 5.02 Å². The predicted octanol–water partition coefficient (Wildman–Crippen LogP) is 3.59. The first-order valence-corrected chi connectivity index (χ1v) is 6.75. The SMILES string of the molecule is Cc1c(COc2c(Cl)cccc2CN)cccc1[N+](=O)[O-]. The summed E-state index contributed by atoms with van der Waals surface area (Å²) >= 11 is 6.11. The molecule has 0 amide bonds. The van der Waals surface area contributed by atoms with Gasteiger partial charge in [0, 0.05) is 23.7 Å². The van der Waals surface area contributed by atoms with Crippen molar-refractivity contribution in [1.29, 1.82) is 0 Å². The van der Waals surface area contributed by atoms with Crippen LogP contribution >= 0.6 is 11.6 Å². The van der Waals surface area contributed by atoms with Gasteiger partial charge < -0.3 is 10.5 Å². The van der Waals surface area contributed by atoms with E-state index in [2.05, 4.69) is 0 Å². The molecule has 0 saturated carbocycles. The van der Waals surface area contributed by atoms with E-state index in [1.54, 1.807) is 31.2 Å². The van der Waals surface area contributed by atoms with E-state index >= 15 is 0 Å². The summed E-state index contributed by atoms with van der Waals surface area (Å²) in [7, 11) is 0. The number of hydrogen-bond donors (Lipinski definition) is 1. The molecule has 0 aliphatic heterocycles. The lowest BCUT2D eigenvalue weighted by Gasteiger charge is -2.13. The van der Waals surface area contributed by atoms with E-state index in [9.17, 15) is 10.1 Å². The van der Waals surface area contributed by atoms with Gasteiger partial charge in [-0.25, -0.2) is 0 Å². The normalized spacial score (nSPS) is 10.4. The molecule has 0 bridgehead atoms. The van der Waals surface area contributed by atoms with Crippen LogP contribution in [0.4, 0.5) is 5.69 Å². The average Bonchev–Trinajstić information content (AvgIpc) is 2.46. The molecular formula is C15H15ClN2O3. The number of para-hydroxylation sites is 1. The van der Waals surface area contributed by atoms with Crippen LogP contribution in [-0.4, -0.2) is 4.92 Å². The van der Waals surface area contributed by atoms with Gasteiger partial charge >= 0.3 is 0 Å². The van der Waals surface area contributed by atoms with Crippen LogP contribution in [0.1, 0.15) is 16.7 Å². The van der Waals surface area contributed by atoms with E-state index < -0.39 is 4.92 Å². The maximum absolute atomic E-state index is 10.9. The van der Waals surface area contributed by atoms with Gasteiger partial charge in [-0.15, -0.1) is 0 Å². The molecule has 0 saturated heterocycles. The number of halogens is 1. The topological polar surface area (TPSA) is 78.4 Å². The van der Waals surface area contributed by atoms with Crippen LogP contribution in [0.15, 0.2) is 36.4 Å². The quantitative estimate of drug-likeness (QED) is 0.676. The van der Waals surface area contributed by atoms with Crippen molar-refractivity contribution in [3.63, 3.8) is 0 Å². The summed E-state index contributed by atoms with van der Waals surface area (Å²) in [5, 5.41) is 11.4. The Morgan fingerprint density at radius 3 is 2.57 bits per heavy atom. The Labute approximate surface area is 127 Å². The first kappa shape index (κ1) is 15.3. The lowest BCUT2D eigenvalue weighted by molar-refractivity contribution is -0.385. The monoisotopic (exact) mass is 306 g/mol. The first-order valence-electron chi connectivity index (χ1n) is 6.37. The average molecular weight is 307 g/mol. The smallest absolute Gasteiger partial charge is 0.272 e. The van der Waals surface area contributed by atoms with E-state index in [0.717, 1.165) is 11.1 Å². The van der Waals surface area contributed by atoms with E-state index in [1.165, 1.54) is 6.07 Å². The second kappa shape index (κ2) is 6.56. The van der Waals surface area contributed by atoms with E-state index in [-0.39, 0.29) is 12.3 Å². The van der Waals surface area contributed by atoms with Gasteiger partial charge in [0.05, 0.1) is 9.95 Å². The Morgan fingerprint density at radius 1 is 1.24 bits per heavy atom. The molecule has 2 rings (SSSR count). The third kappa shape index (κ3) is 3.32. The highest BCUT2D eigenvalue weighted by Crippen LogP contribution is 2.30. The van der Waals surface area contributed by atoms with E-state index in [4.69, 9.17) is 22.1 Å². The molecule has 6 heteroatoms. The number of nitrogens with zero attached hydrogens (tertiary/aromatic N) is 1. The van der Waals surface area contributed by atoms with Crippen molar-refractivity contribution in [3.8, 4) is 5.75 Å². The fraction of sp³-hybridized carbons (Fsp3) is 0.200. The predicted molar refractivity (Wildman–Crippen MR) is 81.5 cm³/mol. The number of ether oxygens (including phenoxy) is 1. The molecule has 0 spiro atoms. The van der Waals surface area contributed by atoms with Crippen LogP contribution < -0.4 is 10.5 Å². The van der Waals surface area contributed by atoms with Crippen molar-refractivity contribution in [2.45, 2.75) is 20.1 Å². The minimum atomic E-state index is -0.403. The molecule has 2 N–H and O–H groups in total. The fourth-order valence-electron chi connectivity index (χ4n) is 2.05. The molecule has 5 nitrogen and oxygen atoms in total. The molecule has 0 radical (unpaired) electrons. The molecule has 0 aliphatic carbocycles. The molecule has 21 heavy (non-hydrogen) atoms. The van der Waals surface area contributed by atoms with Crippen molar-refractivity contribution < 1.29 is 9.66 Å². The van der Waals surface area contributed by atoms with E-state index in [0.29, 0.717) is 22.9 Å². The zero-order valence-corrected chi connectivity index (χ0v) is 12.3. The summed E-state index contributed by atoms with van der Waals surface area (Å²) in [4.78, 5) is 10.5. The number of nitro benzene ring substituents is 1. The van der Waals surface area contributed by atoms with Gasteiger partial charge in [-0.3, -0.25) is 10.1 Å². The van der Waals surface area contributed by atoms with Crippen molar-refractivity contribution >= 4 is 17.3 Å². The lowest BCUT2D eigenvalue weighted by atomic mass is 10.1. The largest absolute Gasteiger partial charge is 0.487 e. The molecule has 0 aliphatic rings. The van der Waals surface area contributed by atoms with Crippen LogP contribution in [-0.2, 0) is 13.2 Å². The van der Waals surface area contributed by atoms with Gasteiger partial charge in [0.1, 0.15) is 12.4 Å². The van der Waals surface area contributed by atoms with Gasteiger partial charge in [0.25, 0.3) is 5.69 Å². The van der Waals surface area contributed by atoms with Crippen LogP contribution in [0.5, 0.6) is 5.75 Å². The molecule has 2 aromatic carbocycles. The minimum absolute atomic E-state index is 0.0781. The highest BCUT2D eigenvalue weighted by Gasteiger charge is 2.14. The maximum atomic E-state index is 10.9. The lowest BCUT2D eigenvalue weighted by Crippen LogP contribution is -2.05. The van der Waals surface area contributed by atoms with Gasteiger partial charge in [-0.2, -0.15) is 0 Å². The van der Waals surface area contributed by atoms with Crippen molar-refractivity contribution in [2.24, 2.45) is 5.73 Å². The molecule has 2 aromatic rings. The number of nitrogens with two attached hydrogens (primary N) is 1. The van der Waals surface area contributed by atoms with Gasteiger partial charge in [0.15, 0.2) is 0 Å². The van der Waals surface area contributed by atoms with Crippen LogP contribution in [0, 0.1) is 17.0 Å². The summed E-state index contributed by atoms with van der Waals surface area (Å²) in [5.41, 5.74) is 7.86.